The monoisotopic (exact) mass is 442 g/mol. The van der Waals surface area contributed by atoms with E-state index < -0.39 is 0 Å². The molecule has 0 radical (unpaired) electrons. The molecule has 4 heteroatoms. The van der Waals surface area contributed by atoms with Crippen molar-refractivity contribution in [1.82, 2.24) is 0 Å². The second-order valence-corrected chi connectivity index (χ2v) is 9.89. The summed E-state index contributed by atoms with van der Waals surface area (Å²) < 4.78 is 5.99. The molecule has 150 valence electrons. The Hall–Kier alpha value is -1.61. The molecule has 0 saturated carbocycles. The van der Waals surface area contributed by atoms with Gasteiger partial charge in [-0.25, -0.2) is 0 Å². The molecule has 1 aliphatic rings. The lowest BCUT2D eigenvalue weighted by molar-refractivity contribution is 0.482. The van der Waals surface area contributed by atoms with Gasteiger partial charge in [0.25, 0.3) is 0 Å². The summed E-state index contributed by atoms with van der Waals surface area (Å²) in [6.45, 7) is 4.59. The van der Waals surface area contributed by atoms with Crippen molar-refractivity contribution in [3.63, 3.8) is 0 Å². The molecule has 3 aromatic rings. The molecular weight excluding hydrogens is 419 g/mol. The molecule has 1 aliphatic carbocycles. The standard InChI is InChI=1S/C25H24Cl2OS/c1-16(2)25-21-14-23(27)22(26)12-18(21)13-24(25)29-15-17-7-6-10-20(11-17)28-19-8-4-3-5-9-19/h3-12,14,16,24-25H,13,15H2,1-2H3. The Balaban J connectivity index is 1.47. The SMILES string of the molecule is CC(C)C1c2cc(Cl)c(Cl)cc2CC1SCc1cccc(Oc2ccccc2)c1. The molecule has 4 rings (SSSR count). The number of ether oxygens (including phenoxy) is 1. The van der Waals surface area contributed by atoms with Gasteiger partial charge in [0.15, 0.2) is 0 Å². The van der Waals surface area contributed by atoms with Crippen molar-refractivity contribution in [2.24, 2.45) is 5.92 Å². The summed E-state index contributed by atoms with van der Waals surface area (Å²) in [5, 5.41) is 1.84. The smallest absolute Gasteiger partial charge is 0.127 e. The number of hydrogen-bond acceptors (Lipinski definition) is 2. The van der Waals surface area contributed by atoms with Crippen LogP contribution >= 0.6 is 35.0 Å². The van der Waals surface area contributed by atoms with Crippen LogP contribution in [0.4, 0.5) is 0 Å². The van der Waals surface area contributed by atoms with Gasteiger partial charge in [-0.15, -0.1) is 0 Å². The summed E-state index contributed by atoms with van der Waals surface area (Å²) in [4.78, 5) is 0. The first-order chi connectivity index (χ1) is 14.0. The van der Waals surface area contributed by atoms with Crippen LogP contribution in [-0.4, -0.2) is 5.25 Å². The molecule has 0 fully saturated rings. The first-order valence-corrected chi connectivity index (χ1v) is 11.7. The van der Waals surface area contributed by atoms with Gasteiger partial charge in [-0.1, -0.05) is 67.4 Å². The molecule has 2 unspecified atom stereocenters. The molecule has 29 heavy (non-hydrogen) atoms. The maximum Gasteiger partial charge on any atom is 0.127 e. The van der Waals surface area contributed by atoms with E-state index in [4.69, 9.17) is 27.9 Å². The van der Waals surface area contributed by atoms with Gasteiger partial charge in [0.1, 0.15) is 11.5 Å². The predicted molar refractivity (Wildman–Crippen MR) is 126 cm³/mol. The fourth-order valence-corrected chi connectivity index (χ4v) is 6.02. The maximum absolute atomic E-state index is 6.31. The Labute approximate surface area is 187 Å². The van der Waals surface area contributed by atoms with Crippen molar-refractivity contribution < 1.29 is 4.74 Å². The Morgan fingerprint density at radius 2 is 1.66 bits per heavy atom. The second-order valence-electron chi connectivity index (χ2n) is 7.85. The van der Waals surface area contributed by atoms with Crippen molar-refractivity contribution >= 4 is 35.0 Å². The topological polar surface area (TPSA) is 9.23 Å². The van der Waals surface area contributed by atoms with Crippen molar-refractivity contribution in [1.29, 1.82) is 0 Å². The van der Waals surface area contributed by atoms with E-state index in [1.54, 1.807) is 0 Å². The van der Waals surface area contributed by atoms with E-state index in [1.165, 1.54) is 16.7 Å². The van der Waals surface area contributed by atoms with Crippen LogP contribution in [0.5, 0.6) is 11.5 Å². The van der Waals surface area contributed by atoms with Gasteiger partial charge in [0.05, 0.1) is 10.0 Å². The predicted octanol–water partition coefficient (Wildman–Crippen LogP) is 8.38. The molecule has 0 amide bonds. The number of halogens is 2. The third-order valence-corrected chi connectivity index (χ3v) is 7.53. The number of thioether (sulfide) groups is 1. The van der Waals surface area contributed by atoms with Crippen molar-refractivity contribution in [2.45, 2.75) is 37.2 Å². The zero-order chi connectivity index (χ0) is 20.4. The normalized spacial score (nSPS) is 18.1. The maximum atomic E-state index is 6.31. The van der Waals surface area contributed by atoms with Gasteiger partial charge in [-0.3, -0.25) is 0 Å². The average Bonchev–Trinajstić information content (AvgIpc) is 3.05. The quantitative estimate of drug-likeness (QED) is 0.378. The third-order valence-electron chi connectivity index (χ3n) is 5.42. The summed E-state index contributed by atoms with van der Waals surface area (Å²) in [5.74, 6) is 3.74. The van der Waals surface area contributed by atoms with Gasteiger partial charge in [-0.05, 0) is 71.3 Å². The molecular formula is C25H24Cl2OS. The molecule has 0 aliphatic heterocycles. The third kappa shape index (κ3) is 4.77. The highest BCUT2D eigenvalue weighted by Crippen LogP contribution is 2.47. The highest BCUT2D eigenvalue weighted by Gasteiger charge is 2.35. The summed E-state index contributed by atoms with van der Waals surface area (Å²) in [7, 11) is 0. The van der Waals surface area contributed by atoms with Gasteiger partial charge in [0, 0.05) is 11.0 Å². The second kappa shape index (κ2) is 9.04. The minimum absolute atomic E-state index is 0.494. The van der Waals surface area contributed by atoms with Crippen LogP contribution < -0.4 is 4.74 Å². The lowest BCUT2D eigenvalue weighted by Gasteiger charge is -2.24. The average molecular weight is 443 g/mol. The van der Waals surface area contributed by atoms with E-state index in [-0.39, 0.29) is 0 Å². The minimum atomic E-state index is 0.494. The summed E-state index contributed by atoms with van der Waals surface area (Å²) in [6.07, 6.45) is 1.04. The fraction of sp³-hybridized carbons (Fsp3) is 0.280. The van der Waals surface area contributed by atoms with Gasteiger partial charge in [0.2, 0.25) is 0 Å². The van der Waals surface area contributed by atoms with Crippen LogP contribution in [0.1, 0.15) is 36.5 Å². The summed E-state index contributed by atoms with van der Waals surface area (Å²) >= 11 is 14.6. The van der Waals surface area contributed by atoms with Crippen LogP contribution in [0.3, 0.4) is 0 Å². The molecule has 0 aromatic heterocycles. The molecule has 0 N–H and O–H groups in total. The first-order valence-electron chi connectivity index (χ1n) is 9.92. The van der Waals surface area contributed by atoms with E-state index in [0.717, 1.165) is 23.7 Å². The molecule has 0 spiro atoms. The van der Waals surface area contributed by atoms with E-state index in [9.17, 15) is 0 Å². The van der Waals surface area contributed by atoms with E-state index >= 15 is 0 Å². The Bertz CT molecular complexity index is 987. The fourth-order valence-electron chi connectivity index (χ4n) is 4.11. The Kier molecular flexibility index (Phi) is 6.44. The van der Waals surface area contributed by atoms with Crippen molar-refractivity contribution in [3.05, 3.63) is 93.5 Å². The van der Waals surface area contributed by atoms with Crippen LogP contribution in [0, 0.1) is 5.92 Å². The van der Waals surface area contributed by atoms with Gasteiger partial charge >= 0.3 is 0 Å². The van der Waals surface area contributed by atoms with E-state index in [0.29, 0.717) is 27.1 Å². The van der Waals surface area contributed by atoms with Crippen molar-refractivity contribution in [2.75, 3.05) is 0 Å². The van der Waals surface area contributed by atoms with Crippen LogP contribution in [0.25, 0.3) is 0 Å². The number of fused-ring (bicyclic) bond motifs is 1. The number of para-hydroxylation sites is 1. The molecule has 0 saturated heterocycles. The Morgan fingerprint density at radius 1 is 0.931 bits per heavy atom. The zero-order valence-electron chi connectivity index (χ0n) is 16.6. The van der Waals surface area contributed by atoms with Crippen LogP contribution in [0.2, 0.25) is 10.0 Å². The van der Waals surface area contributed by atoms with Crippen LogP contribution in [-0.2, 0) is 12.2 Å². The minimum Gasteiger partial charge on any atom is -0.457 e. The first kappa shape index (κ1) is 20.7. The molecule has 2 atom stereocenters. The molecule has 3 aromatic carbocycles. The molecule has 0 heterocycles. The highest BCUT2D eigenvalue weighted by molar-refractivity contribution is 7.99. The number of hydrogen-bond donors (Lipinski definition) is 0. The zero-order valence-corrected chi connectivity index (χ0v) is 18.9. The number of rotatable bonds is 6. The highest BCUT2D eigenvalue weighted by atomic mass is 35.5. The number of benzene rings is 3. The van der Waals surface area contributed by atoms with Crippen LogP contribution in [0.15, 0.2) is 66.7 Å². The summed E-state index contributed by atoms with van der Waals surface area (Å²) in [5.41, 5.74) is 3.99. The van der Waals surface area contributed by atoms with Crippen molar-refractivity contribution in [3.8, 4) is 11.5 Å². The lowest BCUT2D eigenvalue weighted by atomic mass is 9.90. The molecule has 1 nitrogen and oxygen atoms in total. The van der Waals surface area contributed by atoms with E-state index in [2.05, 4.69) is 44.2 Å². The lowest BCUT2D eigenvalue weighted by Crippen LogP contribution is -2.16. The van der Waals surface area contributed by atoms with Gasteiger partial charge < -0.3 is 4.74 Å². The summed E-state index contributed by atoms with van der Waals surface area (Å²) in [6, 6.07) is 22.4. The van der Waals surface area contributed by atoms with Gasteiger partial charge in [-0.2, -0.15) is 11.8 Å². The van der Waals surface area contributed by atoms with E-state index in [1.807, 2.05) is 48.2 Å². The largest absolute Gasteiger partial charge is 0.457 e. The molecule has 0 bridgehead atoms. The Morgan fingerprint density at radius 3 is 2.41 bits per heavy atom.